The van der Waals surface area contributed by atoms with E-state index in [0.717, 1.165) is 0 Å². The van der Waals surface area contributed by atoms with Crippen LogP contribution in [0.1, 0.15) is 26.2 Å². The predicted molar refractivity (Wildman–Crippen MR) is 69.5 cm³/mol. The Morgan fingerprint density at radius 3 is 2.22 bits per heavy atom. The second kappa shape index (κ2) is 6.53. The number of anilines is 1. The van der Waals surface area contributed by atoms with Crippen LogP contribution in [0.5, 0.6) is 0 Å². The van der Waals surface area contributed by atoms with Crippen LogP contribution in [0.3, 0.4) is 0 Å². The van der Waals surface area contributed by atoms with E-state index in [9.17, 15) is 13.2 Å². The van der Waals surface area contributed by atoms with Crippen LogP contribution in [0.15, 0.2) is 18.2 Å². The Morgan fingerprint density at radius 1 is 1.17 bits per heavy atom. The van der Waals surface area contributed by atoms with Gasteiger partial charge in [-0.05, 0) is 38.0 Å². The Morgan fingerprint density at radius 2 is 1.72 bits per heavy atom. The highest BCUT2D eigenvalue weighted by atomic mass is 35.5. The molecule has 0 aliphatic rings. The van der Waals surface area contributed by atoms with E-state index in [0.29, 0.717) is 22.2 Å². The normalized spacial score (nSPS) is 13.4. The van der Waals surface area contributed by atoms with Crippen LogP contribution in [-0.2, 0) is 0 Å². The molecule has 0 radical (unpaired) electrons. The number of halogens is 5. The van der Waals surface area contributed by atoms with Crippen LogP contribution in [0.25, 0.3) is 0 Å². The summed E-state index contributed by atoms with van der Waals surface area (Å²) < 4.78 is 36.0. The first-order valence-electron chi connectivity index (χ1n) is 5.55. The van der Waals surface area contributed by atoms with Crippen LogP contribution < -0.4 is 5.32 Å². The average molecular weight is 300 g/mol. The van der Waals surface area contributed by atoms with E-state index in [1.54, 1.807) is 18.2 Å². The van der Waals surface area contributed by atoms with E-state index in [2.05, 4.69) is 5.32 Å². The maximum absolute atomic E-state index is 12.0. The van der Waals surface area contributed by atoms with Crippen molar-refractivity contribution in [2.24, 2.45) is 0 Å². The Hall–Kier alpha value is -0.610. The Kier molecular flexibility index (Phi) is 5.60. The summed E-state index contributed by atoms with van der Waals surface area (Å²) >= 11 is 11.6. The zero-order valence-electron chi connectivity index (χ0n) is 9.82. The molecule has 102 valence electrons. The van der Waals surface area contributed by atoms with Crippen molar-refractivity contribution in [3.63, 3.8) is 0 Å². The van der Waals surface area contributed by atoms with Crippen LogP contribution in [0.2, 0.25) is 10.0 Å². The lowest BCUT2D eigenvalue weighted by molar-refractivity contribution is -0.135. The molecule has 18 heavy (non-hydrogen) atoms. The average Bonchev–Trinajstić information content (AvgIpc) is 2.12. The van der Waals surface area contributed by atoms with Crippen molar-refractivity contribution in [2.75, 3.05) is 5.32 Å². The molecule has 0 saturated heterocycles. The number of alkyl halides is 3. The molecule has 1 aromatic rings. The van der Waals surface area contributed by atoms with Crippen molar-refractivity contribution in [1.29, 1.82) is 0 Å². The van der Waals surface area contributed by atoms with Gasteiger partial charge in [0, 0.05) is 28.2 Å². The minimum Gasteiger partial charge on any atom is -0.383 e. The monoisotopic (exact) mass is 299 g/mol. The lowest BCUT2D eigenvalue weighted by atomic mass is 10.1. The van der Waals surface area contributed by atoms with Crippen molar-refractivity contribution < 1.29 is 13.2 Å². The van der Waals surface area contributed by atoms with Gasteiger partial charge in [-0.1, -0.05) is 23.2 Å². The van der Waals surface area contributed by atoms with E-state index >= 15 is 0 Å². The summed E-state index contributed by atoms with van der Waals surface area (Å²) in [6.07, 6.45) is -4.30. The molecular formula is C12H14Cl2F3N. The zero-order valence-corrected chi connectivity index (χ0v) is 11.3. The van der Waals surface area contributed by atoms with Gasteiger partial charge in [0.2, 0.25) is 0 Å². The van der Waals surface area contributed by atoms with E-state index in [1.165, 1.54) is 0 Å². The molecule has 0 saturated carbocycles. The second-order valence-electron chi connectivity index (χ2n) is 4.21. The number of nitrogens with one attached hydrogen (secondary N) is 1. The Labute approximate surface area is 114 Å². The first-order valence-corrected chi connectivity index (χ1v) is 6.31. The standard InChI is InChI=1S/C12H14Cl2F3N/c1-8(3-2-4-12(15,16)17)18-11-6-9(13)5-10(14)7-11/h5-8,18H,2-4H2,1H3. The van der Waals surface area contributed by atoms with Gasteiger partial charge >= 0.3 is 6.18 Å². The van der Waals surface area contributed by atoms with Gasteiger partial charge in [0.15, 0.2) is 0 Å². The predicted octanol–water partition coefficient (Wildman–Crippen LogP) is 5.53. The molecule has 0 bridgehead atoms. The maximum Gasteiger partial charge on any atom is 0.389 e. The summed E-state index contributed by atoms with van der Waals surface area (Å²) in [5, 5.41) is 4.06. The quantitative estimate of drug-likeness (QED) is 0.754. The van der Waals surface area contributed by atoms with E-state index in [4.69, 9.17) is 23.2 Å². The highest BCUT2D eigenvalue weighted by Gasteiger charge is 2.26. The van der Waals surface area contributed by atoms with Crippen molar-refractivity contribution in [3.05, 3.63) is 28.2 Å². The van der Waals surface area contributed by atoms with Gasteiger partial charge in [-0.2, -0.15) is 13.2 Å². The summed E-state index contributed by atoms with van der Waals surface area (Å²) in [7, 11) is 0. The first kappa shape index (κ1) is 15.4. The van der Waals surface area contributed by atoms with E-state index in [1.807, 2.05) is 6.92 Å². The molecular weight excluding hydrogens is 286 g/mol. The van der Waals surface area contributed by atoms with E-state index in [-0.39, 0.29) is 12.5 Å². The molecule has 6 heteroatoms. The van der Waals surface area contributed by atoms with Crippen LogP contribution in [-0.4, -0.2) is 12.2 Å². The molecule has 0 aliphatic carbocycles. The maximum atomic E-state index is 12.0. The highest BCUT2D eigenvalue weighted by molar-refractivity contribution is 6.35. The molecule has 0 amide bonds. The molecule has 1 N–H and O–H groups in total. The molecule has 1 aromatic carbocycles. The van der Waals surface area contributed by atoms with Gasteiger partial charge in [-0.25, -0.2) is 0 Å². The molecule has 0 heterocycles. The third-order valence-corrected chi connectivity index (χ3v) is 2.81. The summed E-state index contributed by atoms with van der Waals surface area (Å²) in [6, 6.07) is 4.91. The minimum atomic E-state index is -4.08. The fourth-order valence-electron chi connectivity index (χ4n) is 1.60. The molecule has 0 fully saturated rings. The van der Waals surface area contributed by atoms with Gasteiger partial charge in [0.25, 0.3) is 0 Å². The fraction of sp³-hybridized carbons (Fsp3) is 0.500. The van der Waals surface area contributed by atoms with Crippen LogP contribution in [0, 0.1) is 0 Å². The third kappa shape index (κ3) is 6.36. The topological polar surface area (TPSA) is 12.0 Å². The number of benzene rings is 1. The summed E-state index contributed by atoms with van der Waals surface area (Å²) in [4.78, 5) is 0. The van der Waals surface area contributed by atoms with Crippen LogP contribution >= 0.6 is 23.2 Å². The molecule has 0 aromatic heterocycles. The smallest absolute Gasteiger partial charge is 0.383 e. The van der Waals surface area contributed by atoms with Gasteiger partial charge in [0.1, 0.15) is 0 Å². The van der Waals surface area contributed by atoms with Gasteiger partial charge in [-0.3, -0.25) is 0 Å². The number of hydrogen-bond donors (Lipinski definition) is 1. The first-order chi connectivity index (χ1) is 8.26. The molecule has 1 nitrogen and oxygen atoms in total. The fourth-order valence-corrected chi connectivity index (χ4v) is 2.13. The number of hydrogen-bond acceptors (Lipinski definition) is 1. The van der Waals surface area contributed by atoms with Crippen molar-refractivity contribution >= 4 is 28.9 Å². The molecule has 1 rings (SSSR count). The van der Waals surface area contributed by atoms with Crippen molar-refractivity contribution in [3.8, 4) is 0 Å². The number of rotatable bonds is 5. The molecule has 0 aliphatic heterocycles. The Bertz CT molecular complexity index is 373. The molecule has 1 unspecified atom stereocenters. The summed E-state index contributed by atoms with van der Waals surface area (Å²) in [6.45, 7) is 1.82. The second-order valence-corrected chi connectivity index (χ2v) is 5.08. The summed E-state index contributed by atoms with van der Waals surface area (Å²) in [5.74, 6) is 0. The SMILES string of the molecule is CC(CCCC(F)(F)F)Nc1cc(Cl)cc(Cl)c1. The molecule has 0 spiro atoms. The third-order valence-electron chi connectivity index (χ3n) is 2.37. The van der Waals surface area contributed by atoms with Crippen molar-refractivity contribution in [2.45, 2.75) is 38.4 Å². The van der Waals surface area contributed by atoms with Crippen LogP contribution in [0.4, 0.5) is 18.9 Å². The van der Waals surface area contributed by atoms with Crippen molar-refractivity contribution in [1.82, 2.24) is 0 Å². The van der Waals surface area contributed by atoms with Gasteiger partial charge in [-0.15, -0.1) is 0 Å². The largest absolute Gasteiger partial charge is 0.389 e. The lowest BCUT2D eigenvalue weighted by Crippen LogP contribution is -2.16. The zero-order chi connectivity index (χ0) is 13.8. The van der Waals surface area contributed by atoms with Gasteiger partial charge in [0.05, 0.1) is 0 Å². The summed E-state index contributed by atoms with van der Waals surface area (Å²) in [5.41, 5.74) is 0.715. The molecule has 1 atom stereocenters. The minimum absolute atomic E-state index is 0.0677. The van der Waals surface area contributed by atoms with E-state index < -0.39 is 12.6 Å². The highest BCUT2D eigenvalue weighted by Crippen LogP contribution is 2.25. The van der Waals surface area contributed by atoms with Gasteiger partial charge < -0.3 is 5.32 Å². The lowest BCUT2D eigenvalue weighted by Gasteiger charge is -2.16. The Balaban J connectivity index is 2.42.